The van der Waals surface area contributed by atoms with Crippen LogP contribution < -0.4 is 14.3 Å². The van der Waals surface area contributed by atoms with Gasteiger partial charge < -0.3 is 9.47 Å². The highest BCUT2D eigenvalue weighted by Gasteiger charge is 2.14. The molecule has 0 aliphatic heterocycles. The lowest BCUT2D eigenvalue weighted by Gasteiger charge is -2.12. The number of hydrogen-bond donors (Lipinski definition) is 0. The zero-order valence-electron chi connectivity index (χ0n) is 15.9. The number of thiazole rings is 1. The Balaban J connectivity index is 2.61. The molecule has 1 heterocycles. The maximum Gasteiger partial charge on any atom is 0.206 e. The second-order valence-electron chi connectivity index (χ2n) is 6.19. The zero-order valence-corrected chi connectivity index (χ0v) is 16.7. The normalized spacial score (nSPS) is 12.8. The molecule has 1 aromatic carbocycles. The molecule has 25 heavy (non-hydrogen) atoms. The van der Waals surface area contributed by atoms with E-state index in [1.165, 1.54) is 0 Å². The first-order valence-corrected chi connectivity index (χ1v) is 9.36. The van der Waals surface area contributed by atoms with Crippen molar-refractivity contribution in [2.24, 2.45) is 16.0 Å². The largest absolute Gasteiger partial charge is 0.497 e. The van der Waals surface area contributed by atoms with Gasteiger partial charge in [0.1, 0.15) is 11.5 Å². The fraction of sp³-hybridized carbons (Fsp3) is 0.474. The number of nitrogens with zero attached hydrogens (tertiary/aromatic N) is 3. The molecule has 0 N–H and O–H groups in total. The van der Waals surface area contributed by atoms with Crippen LogP contribution in [0.25, 0.3) is 11.3 Å². The molecule has 2 aromatic rings. The molecule has 136 valence electrons. The van der Waals surface area contributed by atoms with Crippen LogP contribution in [0.2, 0.25) is 0 Å². The Morgan fingerprint density at radius 3 is 2.60 bits per heavy atom. The van der Waals surface area contributed by atoms with Gasteiger partial charge in [-0.2, -0.15) is 5.10 Å². The summed E-state index contributed by atoms with van der Waals surface area (Å²) in [6.45, 7) is 9.21. The molecule has 0 amide bonds. The van der Waals surface area contributed by atoms with Crippen LogP contribution in [0.1, 0.15) is 34.1 Å². The summed E-state index contributed by atoms with van der Waals surface area (Å²) < 4.78 is 12.8. The first-order chi connectivity index (χ1) is 12.0. The van der Waals surface area contributed by atoms with Crippen molar-refractivity contribution in [3.05, 3.63) is 28.4 Å². The van der Waals surface area contributed by atoms with Gasteiger partial charge in [-0.1, -0.05) is 13.8 Å². The Morgan fingerprint density at radius 2 is 2.00 bits per heavy atom. The third-order valence-electron chi connectivity index (χ3n) is 3.64. The van der Waals surface area contributed by atoms with E-state index in [1.807, 2.05) is 29.8 Å². The smallest absolute Gasteiger partial charge is 0.206 e. The van der Waals surface area contributed by atoms with Crippen LogP contribution in [0.3, 0.4) is 0 Å². The maximum absolute atomic E-state index is 5.57. The molecule has 0 spiro atoms. The van der Waals surface area contributed by atoms with Crippen LogP contribution in [0.15, 0.2) is 33.7 Å². The Morgan fingerprint density at radius 1 is 1.24 bits per heavy atom. The van der Waals surface area contributed by atoms with E-state index in [9.17, 15) is 0 Å². The van der Waals surface area contributed by atoms with E-state index in [0.717, 1.165) is 46.2 Å². The van der Waals surface area contributed by atoms with Gasteiger partial charge in [0.25, 0.3) is 0 Å². The van der Waals surface area contributed by atoms with Crippen molar-refractivity contribution < 1.29 is 9.47 Å². The Bertz CT molecular complexity index is 803. The third-order valence-corrected chi connectivity index (χ3v) is 4.49. The van der Waals surface area contributed by atoms with E-state index >= 15 is 0 Å². The third kappa shape index (κ3) is 4.72. The van der Waals surface area contributed by atoms with Crippen molar-refractivity contribution in [1.29, 1.82) is 0 Å². The summed E-state index contributed by atoms with van der Waals surface area (Å²) in [5.74, 6) is 2.08. The number of hydrogen-bond acceptors (Lipinski definition) is 5. The molecule has 0 aliphatic carbocycles. The standard InChI is InChI=1S/C19H27N3O2S/c1-7-20-19-22(21-14(4)10-13(2)3)17(12-25-19)16-9-8-15(23-5)11-18(16)24-6/h8-9,11-13H,7,10H2,1-6H3. The summed E-state index contributed by atoms with van der Waals surface area (Å²) in [5.41, 5.74) is 3.03. The first-order valence-electron chi connectivity index (χ1n) is 8.48. The molecule has 1 aromatic heterocycles. The molecule has 0 saturated carbocycles. The van der Waals surface area contributed by atoms with Gasteiger partial charge in [0.05, 0.1) is 19.9 Å². The van der Waals surface area contributed by atoms with Crippen LogP contribution in [-0.2, 0) is 0 Å². The first kappa shape index (κ1) is 19.2. The van der Waals surface area contributed by atoms with E-state index in [4.69, 9.17) is 14.6 Å². The van der Waals surface area contributed by atoms with E-state index in [-0.39, 0.29) is 0 Å². The molecular weight excluding hydrogens is 334 g/mol. The zero-order chi connectivity index (χ0) is 18.4. The second kappa shape index (κ2) is 8.85. The highest BCUT2D eigenvalue weighted by atomic mass is 32.1. The number of methoxy groups -OCH3 is 2. The summed E-state index contributed by atoms with van der Waals surface area (Å²) in [7, 11) is 3.32. The number of rotatable bonds is 7. The van der Waals surface area contributed by atoms with Crippen LogP contribution in [-0.4, -0.2) is 31.2 Å². The minimum absolute atomic E-state index is 0.563. The predicted octanol–water partition coefficient (Wildman–Crippen LogP) is 4.42. The van der Waals surface area contributed by atoms with Crippen LogP contribution in [0.4, 0.5) is 0 Å². The number of aromatic nitrogens is 1. The van der Waals surface area contributed by atoms with Gasteiger partial charge in [-0.25, -0.2) is 4.68 Å². The van der Waals surface area contributed by atoms with E-state index < -0.39 is 0 Å². The van der Waals surface area contributed by atoms with Gasteiger partial charge in [0, 0.05) is 29.3 Å². The summed E-state index contributed by atoms with van der Waals surface area (Å²) in [6.07, 6.45) is 0.952. The van der Waals surface area contributed by atoms with Gasteiger partial charge in [0.2, 0.25) is 4.80 Å². The van der Waals surface area contributed by atoms with Gasteiger partial charge in [-0.3, -0.25) is 4.99 Å². The summed E-state index contributed by atoms with van der Waals surface area (Å²) in [6, 6.07) is 5.82. The molecule has 2 rings (SSSR count). The quantitative estimate of drug-likeness (QED) is 0.685. The molecule has 5 nitrogen and oxygen atoms in total. The highest BCUT2D eigenvalue weighted by molar-refractivity contribution is 7.07. The van der Waals surface area contributed by atoms with E-state index in [1.54, 1.807) is 25.6 Å². The average molecular weight is 362 g/mol. The molecule has 0 saturated heterocycles. The van der Waals surface area contributed by atoms with Gasteiger partial charge >= 0.3 is 0 Å². The fourth-order valence-corrected chi connectivity index (χ4v) is 3.52. The molecular formula is C19H27N3O2S. The lowest BCUT2D eigenvalue weighted by molar-refractivity contribution is 0.395. The molecule has 0 aliphatic rings. The molecule has 0 bridgehead atoms. The monoisotopic (exact) mass is 361 g/mol. The lowest BCUT2D eigenvalue weighted by Crippen LogP contribution is -2.15. The van der Waals surface area contributed by atoms with Crippen molar-refractivity contribution in [2.75, 3.05) is 20.8 Å². The van der Waals surface area contributed by atoms with Crippen molar-refractivity contribution in [3.63, 3.8) is 0 Å². The van der Waals surface area contributed by atoms with Crippen LogP contribution in [0, 0.1) is 5.92 Å². The minimum atomic E-state index is 0.563. The summed E-state index contributed by atoms with van der Waals surface area (Å²) >= 11 is 1.59. The number of ether oxygens (including phenoxy) is 2. The van der Waals surface area contributed by atoms with Gasteiger partial charge in [0.15, 0.2) is 0 Å². The Hall–Kier alpha value is -2.08. The van der Waals surface area contributed by atoms with E-state index in [2.05, 4.69) is 31.1 Å². The average Bonchev–Trinajstić information content (AvgIpc) is 2.96. The highest BCUT2D eigenvalue weighted by Crippen LogP contribution is 2.33. The summed E-state index contributed by atoms with van der Waals surface area (Å²) in [5, 5.41) is 6.91. The Kier molecular flexibility index (Phi) is 6.82. The van der Waals surface area contributed by atoms with Gasteiger partial charge in [-0.15, -0.1) is 11.3 Å². The van der Waals surface area contributed by atoms with Crippen molar-refractivity contribution >= 4 is 17.0 Å². The SMILES string of the molecule is CCN=c1scc(-c2ccc(OC)cc2OC)n1N=C(C)CC(C)C. The maximum atomic E-state index is 5.57. The molecule has 0 atom stereocenters. The molecule has 0 unspecified atom stereocenters. The van der Waals surface area contributed by atoms with Crippen LogP contribution >= 0.6 is 11.3 Å². The summed E-state index contributed by atoms with van der Waals surface area (Å²) in [4.78, 5) is 5.47. The lowest BCUT2D eigenvalue weighted by atomic mass is 10.1. The van der Waals surface area contributed by atoms with Crippen molar-refractivity contribution in [2.45, 2.75) is 34.1 Å². The Labute approximate surface area is 153 Å². The predicted molar refractivity (Wildman–Crippen MR) is 105 cm³/mol. The van der Waals surface area contributed by atoms with Gasteiger partial charge in [-0.05, 0) is 38.3 Å². The van der Waals surface area contributed by atoms with Crippen molar-refractivity contribution in [3.8, 4) is 22.8 Å². The topological polar surface area (TPSA) is 48.1 Å². The minimum Gasteiger partial charge on any atom is -0.497 e. The van der Waals surface area contributed by atoms with E-state index in [0.29, 0.717) is 5.92 Å². The van der Waals surface area contributed by atoms with Crippen LogP contribution in [0.5, 0.6) is 11.5 Å². The number of benzene rings is 1. The second-order valence-corrected chi connectivity index (χ2v) is 7.03. The van der Waals surface area contributed by atoms with Crippen molar-refractivity contribution in [1.82, 2.24) is 4.68 Å². The molecule has 6 heteroatoms. The molecule has 0 radical (unpaired) electrons. The molecule has 0 fully saturated rings. The fourth-order valence-electron chi connectivity index (χ4n) is 2.64.